The molecule has 0 atom stereocenters. The van der Waals surface area contributed by atoms with Gasteiger partial charge >= 0.3 is 0 Å². The molecule has 0 amide bonds. The van der Waals surface area contributed by atoms with Crippen LogP contribution in [0.1, 0.15) is 9.88 Å². The standard InChI is InChI=1S/C11H11F2N3S/c1-6-4-16-10(17-6)5-15-9-3-7(12)2-8(13)11(9)14/h2-4,15H,5,14H2,1H3. The van der Waals surface area contributed by atoms with E-state index in [1.54, 1.807) is 6.20 Å². The second-order valence-electron chi connectivity index (χ2n) is 3.57. The molecule has 0 aliphatic heterocycles. The van der Waals surface area contributed by atoms with Crippen LogP contribution in [-0.2, 0) is 6.54 Å². The molecule has 2 aromatic rings. The Morgan fingerprint density at radius 2 is 2.18 bits per heavy atom. The van der Waals surface area contributed by atoms with E-state index in [2.05, 4.69) is 10.3 Å². The van der Waals surface area contributed by atoms with Gasteiger partial charge in [-0.15, -0.1) is 11.3 Å². The maximum atomic E-state index is 13.2. The van der Waals surface area contributed by atoms with Crippen molar-refractivity contribution in [3.63, 3.8) is 0 Å². The fourth-order valence-corrected chi connectivity index (χ4v) is 2.11. The molecule has 3 nitrogen and oxygen atoms in total. The van der Waals surface area contributed by atoms with Gasteiger partial charge in [0.15, 0.2) is 5.82 Å². The van der Waals surface area contributed by atoms with Gasteiger partial charge < -0.3 is 11.1 Å². The van der Waals surface area contributed by atoms with Gasteiger partial charge in [0.05, 0.1) is 17.9 Å². The van der Waals surface area contributed by atoms with E-state index in [1.807, 2.05) is 6.92 Å². The lowest BCUT2D eigenvalue weighted by Gasteiger charge is -2.08. The summed E-state index contributed by atoms with van der Waals surface area (Å²) in [6.45, 7) is 2.34. The number of aromatic nitrogens is 1. The van der Waals surface area contributed by atoms with Gasteiger partial charge in [-0.25, -0.2) is 13.8 Å². The molecule has 0 aliphatic rings. The highest BCUT2D eigenvalue weighted by Gasteiger charge is 2.08. The minimum Gasteiger partial charge on any atom is -0.395 e. The normalized spacial score (nSPS) is 10.5. The first-order valence-corrected chi connectivity index (χ1v) is 5.77. The quantitative estimate of drug-likeness (QED) is 0.829. The molecule has 1 aromatic carbocycles. The number of rotatable bonds is 3. The third kappa shape index (κ3) is 2.71. The molecule has 0 saturated carbocycles. The van der Waals surface area contributed by atoms with Crippen molar-refractivity contribution in [2.24, 2.45) is 0 Å². The molecule has 0 bridgehead atoms. The second kappa shape index (κ2) is 4.67. The summed E-state index contributed by atoms with van der Waals surface area (Å²) in [5, 5.41) is 3.71. The van der Waals surface area contributed by atoms with Crippen molar-refractivity contribution in [2.45, 2.75) is 13.5 Å². The van der Waals surface area contributed by atoms with Crippen LogP contribution in [0.3, 0.4) is 0 Å². The zero-order valence-corrected chi connectivity index (χ0v) is 9.94. The molecule has 90 valence electrons. The highest BCUT2D eigenvalue weighted by atomic mass is 32.1. The van der Waals surface area contributed by atoms with Crippen LogP contribution in [0, 0.1) is 18.6 Å². The molecule has 0 spiro atoms. The van der Waals surface area contributed by atoms with Crippen LogP contribution in [0.5, 0.6) is 0 Å². The number of nitrogens with two attached hydrogens (primary N) is 1. The number of benzene rings is 1. The van der Waals surface area contributed by atoms with E-state index in [0.717, 1.165) is 16.0 Å². The molecule has 3 N–H and O–H groups in total. The molecular weight excluding hydrogens is 244 g/mol. The van der Waals surface area contributed by atoms with Crippen molar-refractivity contribution in [3.05, 3.63) is 39.8 Å². The number of halogens is 2. The van der Waals surface area contributed by atoms with Crippen LogP contribution in [0.4, 0.5) is 20.2 Å². The van der Waals surface area contributed by atoms with Crippen molar-refractivity contribution < 1.29 is 8.78 Å². The summed E-state index contributed by atoms with van der Waals surface area (Å²) in [4.78, 5) is 5.22. The summed E-state index contributed by atoms with van der Waals surface area (Å²) in [5.41, 5.74) is 5.66. The number of anilines is 2. The number of nitrogen functional groups attached to an aromatic ring is 1. The van der Waals surface area contributed by atoms with Crippen molar-refractivity contribution in [3.8, 4) is 0 Å². The van der Waals surface area contributed by atoms with E-state index >= 15 is 0 Å². The van der Waals surface area contributed by atoms with Crippen LogP contribution in [0.15, 0.2) is 18.3 Å². The van der Waals surface area contributed by atoms with Gasteiger partial charge in [0.2, 0.25) is 0 Å². The Bertz CT molecular complexity index is 540. The molecule has 6 heteroatoms. The smallest absolute Gasteiger partial charge is 0.151 e. The molecule has 0 radical (unpaired) electrons. The number of nitrogens with zero attached hydrogens (tertiary/aromatic N) is 1. The van der Waals surface area contributed by atoms with Gasteiger partial charge in [-0.05, 0) is 13.0 Å². The predicted octanol–water partition coefficient (Wildman–Crippen LogP) is 2.92. The Morgan fingerprint density at radius 1 is 1.41 bits per heavy atom. The maximum Gasteiger partial charge on any atom is 0.151 e. The number of hydrogen-bond acceptors (Lipinski definition) is 4. The minimum atomic E-state index is -0.761. The molecule has 17 heavy (non-hydrogen) atoms. The largest absolute Gasteiger partial charge is 0.395 e. The van der Waals surface area contributed by atoms with Gasteiger partial charge in [0, 0.05) is 17.1 Å². The predicted molar refractivity (Wildman–Crippen MR) is 64.9 cm³/mol. The Labute approximate surface area is 101 Å². The summed E-state index contributed by atoms with van der Waals surface area (Å²) in [5.74, 6) is -1.42. The highest BCUT2D eigenvalue weighted by molar-refractivity contribution is 7.11. The van der Waals surface area contributed by atoms with Gasteiger partial charge in [-0.3, -0.25) is 0 Å². The number of nitrogens with one attached hydrogen (secondary N) is 1. The molecule has 0 saturated heterocycles. The van der Waals surface area contributed by atoms with Crippen LogP contribution in [0.25, 0.3) is 0 Å². The first-order valence-electron chi connectivity index (χ1n) is 4.96. The van der Waals surface area contributed by atoms with Crippen molar-refractivity contribution in [1.82, 2.24) is 4.98 Å². The van der Waals surface area contributed by atoms with Crippen molar-refractivity contribution in [2.75, 3.05) is 11.1 Å². The maximum absolute atomic E-state index is 13.2. The summed E-state index contributed by atoms with van der Waals surface area (Å²) in [6, 6.07) is 1.92. The van der Waals surface area contributed by atoms with E-state index < -0.39 is 11.6 Å². The summed E-state index contributed by atoms with van der Waals surface area (Å²) in [7, 11) is 0. The van der Waals surface area contributed by atoms with Gasteiger partial charge in [-0.1, -0.05) is 0 Å². The van der Waals surface area contributed by atoms with Crippen LogP contribution >= 0.6 is 11.3 Å². The Kier molecular flexibility index (Phi) is 3.23. The zero-order valence-electron chi connectivity index (χ0n) is 9.13. The highest BCUT2D eigenvalue weighted by Crippen LogP contribution is 2.24. The van der Waals surface area contributed by atoms with Crippen molar-refractivity contribution >= 4 is 22.7 Å². The van der Waals surface area contributed by atoms with Crippen LogP contribution in [-0.4, -0.2) is 4.98 Å². The molecule has 2 rings (SSSR count). The third-order valence-electron chi connectivity index (χ3n) is 2.19. The number of hydrogen-bond donors (Lipinski definition) is 2. The first kappa shape index (κ1) is 11.8. The van der Waals surface area contributed by atoms with Gasteiger partial charge in [-0.2, -0.15) is 0 Å². The SMILES string of the molecule is Cc1cnc(CNc2cc(F)cc(F)c2N)s1. The minimum absolute atomic E-state index is 0.0836. The van der Waals surface area contributed by atoms with Gasteiger partial charge in [0.25, 0.3) is 0 Å². The first-order chi connectivity index (χ1) is 8.06. The van der Waals surface area contributed by atoms with E-state index in [0.29, 0.717) is 6.54 Å². The topological polar surface area (TPSA) is 50.9 Å². The fourth-order valence-electron chi connectivity index (χ4n) is 1.39. The van der Waals surface area contributed by atoms with E-state index in [9.17, 15) is 8.78 Å². The molecular formula is C11H11F2N3S. The Balaban J connectivity index is 2.14. The lowest BCUT2D eigenvalue weighted by molar-refractivity contribution is 0.587. The Hall–Kier alpha value is -1.69. The Morgan fingerprint density at radius 3 is 2.82 bits per heavy atom. The van der Waals surface area contributed by atoms with Gasteiger partial charge in [0.1, 0.15) is 10.8 Å². The average Bonchev–Trinajstić information content (AvgIpc) is 2.67. The van der Waals surface area contributed by atoms with Crippen molar-refractivity contribution in [1.29, 1.82) is 0 Å². The molecule has 1 heterocycles. The summed E-state index contributed by atoms with van der Waals surface area (Å²) < 4.78 is 26.1. The monoisotopic (exact) mass is 255 g/mol. The second-order valence-corrected chi connectivity index (χ2v) is 4.89. The lowest BCUT2D eigenvalue weighted by atomic mass is 10.2. The average molecular weight is 255 g/mol. The summed E-state index contributed by atoms with van der Waals surface area (Å²) in [6.07, 6.45) is 1.75. The molecule has 0 aliphatic carbocycles. The van der Waals surface area contributed by atoms with E-state index in [1.165, 1.54) is 17.4 Å². The third-order valence-corrected chi connectivity index (χ3v) is 3.11. The number of aryl methyl sites for hydroxylation is 1. The fraction of sp³-hybridized carbons (Fsp3) is 0.182. The molecule has 1 aromatic heterocycles. The summed E-state index contributed by atoms with van der Waals surface area (Å²) >= 11 is 1.52. The van der Waals surface area contributed by atoms with Crippen LogP contribution < -0.4 is 11.1 Å². The van der Waals surface area contributed by atoms with E-state index in [4.69, 9.17) is 5.73 Å². The van der Waals surface area contributed by atoms with E-state index in [-0.39, 0.29) is 11.4 Å². The zero-order chi connectivity index (χ0) is 12.4. The molecule has 0 unspecified atom stereocenters. The van der Waals surface area contributed by atoms with Crippen LogP contribution in [0.2, 0.25) is 0 Å². The molecule has 0 fully saturated rings. The number of thiazole rings is 1. The lowest BCUT2D eigenvalue weighted by Crippen LogP contribution is -2.04.